The van der Waals surface area contributed by atoms with Crippen molar-refractivity contribution >= 4 is 11.7 Å². The van der Waals surface area contributed by atoms with Gasteiger partial charge in [-0.3, -0.25) is 9.59 Å². The minimum atomic E-state index is -3.32. The lowest BCUT2D eigenvalue weighted by atomic mass is 9.93. The van der Waals surface area contributed by atoms with E-state index in [4.69, 9.17) is 0 Å². The van der Waals surface area contributed by atoms with Crippen LogP contribution in [0.5, 0.6) is 0 Å². The predicted molar refractivity (Wildman–Crippen MR) is 50.7 cm³/mol. The lowest BCUT2D eigenvalue weighted by Gasteiger charge is -2.32. The van der Waals surface area contributed by atoms with Crippen molar-refractivity contribution in [2.45, 2.75) is 44.6 Å². The van der Waals surface area contributed by atoms with Crippen molar-refractivity contribution in [2.75, 3.05) is 7.05 Å². The first-order valence-electron chi connectivity index (χ1n) is 4.99. The topological polar surface area (TPSA) is 37.4 Å². The van der Waals surface area contributed by atoms with Crippen LogP contribution >= 0.6 is 0 Å². The molecule has 0 heterocycles. The van der Waals surface area contributed by atoms with E-state index in [-0.39, 0.29) is 11.8 Å². The minimum Gasteiger partial charge on any atom is -0.338 e. The highest BCUT2D eigenvalue weighted by Gasteiger charge is 2.38. The van der Waals surface area contributed by atoms with E-state index >= 15 is 0 Å². The van der Waals surface area contributed by atoms with Gasteiger partial charge in [-0.25, -0.2) is 0 Å². The van der Waals surface area contributed by atoms with Gasteiger partial charge in [0.1, 0.15) is 5.78 Å². The average Bonchev–Trinajstić information content (AvgIpc) is 2.15. The normalized spacial score (nSPS) is 19.1. The van der Waals surface area contributed by atoms with Crippen molar-refractivity contribution in [3.05, 3.63) is 0 Å². The Morgan fingerprint density at radius 1 is 1.40 bits per heavy atom. The first-order chi connectivity index (χ1) is 6.82. The van der Waals surface area contributed by atoms with Crippen LogP contribution in [-0.2, 0) is 9.59 Å². The fourth-order valence-corrected chi connectivity index (χ4v) is 1.79. The second kappa shape index (κ2) is 4.24. The molecule has 0 radical (unpaired) electrons. The van der Waals surface area contributed by atoms with Crippen LogP contribution in [0.25, 0.3) is 0 Å². The van der Waals surface area contributed by atoms with Gasteiger partial charge < -0.3 is 4.90 Å². The van der Waals surface area contributed by atoms with Crippen LogP contribution in [-0.4, -0.2) is 35.6 Å². The van der Waals surface area contributed by atoms with Crippen molar-refractivity contribution in [2.24, 2.45) is 0 Å². The number of hydrogen-bond acceptors (Lipinski definition) is 2. The van der Waals surface area contributed by atoms with E-state index < -0.39 is 11.8 Å². The van der Waals surface area contributed by atoms with Crippen LogP contribution in [0.15, 0.2) is 0 Å². The van der Waals surface area contributed by atoms with Crippen LogP contribution in [0.4, 0.5) is 8.78 Å². The number of hydrogen-bond donors (Lipinski definition) is 0. The molecule has 1 aliphatic carbocycles. The molecule has 0 atom stereocenters. The van der Waals surface area contributed by atoms with Gasteiger partial charge in [-0.1, -0.05) is 0 Å². The third-order valence-electron chi connectivity index (χ3n) is 2.76. The van der Waals surface area contributed by atoms with Gasteiger partial charge in [-0.15, -0.1) is 0 Å². The summed E-state index contributed by atoms with van der Waals surface area (Å²) in [7, 11) is 1.38. The Bertz CT molecular complexity index is 263. The van der Waals surface area contributed by atoms with Gasteiger partial charge in [-0.2, -0.15) is 8.78 Å². The number of rotatable bonds is 2. The van der Waals surface area contributed by atoms with E-state index in [1.807, 2.05) is 0 Å². The zero-order chi connectivity index (χ0) is 11.6. The molecule has 1 rings (SSSR count). The standard InChI is InChI=1S/C10H15F2NO2/c1-10(11,12)9(15)13(2)7-3-5-8(14)6-4-7/h7H,3-6H2,1-2H3. The molecule has 1 amide bonds. The molecule has 15 heavy (non-hydrogen) atoms. The molecule has 86 valence electrons. The van der Waals surface area contributed by atoms with Gasteiger partial charge in [0.15, 0.2) is 0 Å². The number of nitrogens with zero attached hydrogens (tertiary/aromatic N) is 1. The molecule has 1 aliphatic rings. The molecule has 3 nitrogen and oxygen atoms in total. The highest BCUT2D eigenvalue weighted by atomic mass is 19.3. The van der Waals surface area contributed by atoms with Crippen molar-refractivity contribution in [3.8, 4) is 0 Å². The number of halogens is 2. The Balaban J connectivity index is 2.57. The van der Waals surface area contributed by atoms with E-state index in [1.54, 1.807) is 0 Å². The molecule has 5 heteroatoms. The highest BCUT2D eigenvalue weighted by molar-refractivity contribution is 5.84. The summed E-state index contributed by atoms with van der Waals surface area (Å²) in [6, 6.07) is -0.221. The number of ketones is 1. The van der Waals surface area contributed by atoms with Gasteiger partial charge in [-0.05, 0) is 12.8 Å². The molecule has 0 aromatic rings. The second-order valence-electron chi connectivity index (χ2n) is 4.07. The second-order valence-corrected chi connectivity index (χ2v) is 4.07. The summed E-state index contributed by atoms with van der Waals surface area (Å²) in [6.07, 6.45) is 1.77. The number of alkyl halides is 2. The fraction of sp³-hybridized carbons (Fsp3) is 0.800. The summed E-state index contributed by atoms with van der Waals surface area (Å²) in [5.41, 5.74) is 0. The maximum Gasteiger partial charge on any atom is 0.322 e. The number of Topliss-reactive ketones (excluding diaryl/α,β-unsaturated/α-hetero) is 1. The number of amides is 1. The third-order valence-corrected chi connectivity index (χ3v) is 2.76. The Morgan fingerprint density at radius 2 is 1.87 bits per heavy atom. The van der Waals surface area contributed by atoms with Gasteiger partial charge in [0.25, 0.3) is 5.91 Å². The summed E-state index contributed by atoms with van der Waals surface area (Å²) in [5.74, 6) is -4.34. The maximum absolute atomic E-state index is 12.7. The van der Waals surface area contributed by atoms with Gasteiger partial charge in [0, 0.05) is 32.9 Å². The van der Waals surface area contributed by atoms with E-state index in [9.17, 15) is 18.4 Å². The zero-order valence-electron chi connectivity index (χ0n) is 8.93. The van der Waals surface area contributed by atoms with Crippen LogP contribution in [0.1, 0.15) is 32.6 Å². The molecule has 0 saturated heterocycles. The molecule has 0 aliphatic heterocycles. The molecule has 0 unspecified atom stereocenters. The van der Waals surface area contributed by atoms with Crippen LogP contribution in [0, 0.1) is 0 Å². The van der Waals surface area contributed by atoms with Crippen molar-refractivity contribution in [1.29, 1.82) is 0 Å². The largest absolute Gasteiger partial charge is 0.338 e. The van der Waals surface area contributed by atoms with Gasteiger partial charge in [0.2, 0.25) is 0 Å². The van der Waals surface area contributed by atoms with Crippen molar-refractivity contribution < 1.29 is 18.4 Å². The molecule has 0 aromatic heterocycles. The quantitative estimate of drug-likeness (QED) is 0.707. The van der Waals surface area contributed by atoms with E-state index in [1.165, 1.54) is 7.05 Å². The minimum absolute atomic E-state index is 0.148. The lowest BCUT2D eigenvalue weighted by molar-refractivity contribution is -0.156. The van der Waals surface area contributed by atoms with E-state index in [0.29, 0.717) is 32.6 Å². The average molecular weight is 219 g/mol. The Hall–Kier alpha value is -1.00. The summed E-state index contributed by atoms with van der Waals surface area (Å²) >= 11 is 0. The number of carbonyl (C=O) groups is 2. The van der Waals surface area contributed by atoms with E-state index in [0.717, 1.165) is 4.90 Å². The summed E-state index contributed by atoms with van der Waals surface area (Å²) in [5, 5.41) is 0. The van der Waals surface area contributed by atoms with Crippen molar-refractivity contribution in [3.63, 3.8) is 0 Å². The van der Waals surface area contributed by atoms with Crippen molar-refractivity contribution in [1.82, 2.24) is 4.90 Å². The highest BCUT2D eigenvalue weighted by Crippen LogP contribution is 2.23. The molecule has 0 N–H and O–H groups in total. The third kappa shape index (κ3) is 2.97. The molecule has 0 bridgehead atoms. The summed E-state index contributed by atoms with van der Waals surface area (Å²) in [4.78, 5) is 23.3. The lowest BCUT2D eigenvalue weighted by Crippen LogP contribution is -2.46. The number of carbonyl (C=O) groups excluding carboxylic acids is 2. The molecule has 0 aromatic carbocycles. The monoisotopic (exact) mass is 219 g/mol. The van der Waals surface area contributed by atoms with Crippen LogP contribution in [0.2, 0.25) is 0 Å². The zero-order valence-corrected chi connectivity index (χ0v) is 8.93. The molecule has 1 saturated carbocycles. The van der Waals surface area contributed by atoms with Crippen LogP contribution in [0.3, 0.4) is 0 Å². The summed E-state index contributed by atoms with van der Waals surface area (Å²) in [6.45, 7) is 0.597. The predicted octanol–water partition coefficient (Wildman–Crippen LogP) is 1.61. The first kappa shape index (κ1) is 12.1. The molecule has 1 fully saturated rings. The molecular formula is C10H15F2NO2. The maximum atomic E-state index is 12.7. The summed E-state index contributed by atoms with van der Waals surface area (Å²) < 4.78 is 25.5. The van der Waals surface area contributed by atoms with Crippen LogP contribution < -0.4 is 0 Å². The van der Waals surface area contributed by atoms with Gasteiger partial charge in [0.05, 0.1) is 0 Å². The Kier molecular flexibility index (Phi) is 3.42. The Labute approximate surface area is 87.4 Å². The smallest absolute Gasteiger partial charge is 0.322 e. The van der Waals surface area contributed by atoms with Gasteiger partial charge >= 0.3 is 5.92 Å². The fourth-order valence-electron chi connectivity index (χ4n) is 1.79. The molecule has 0 spiro atoms. The van der Waals surface area contributed by atoms with E-state index in [2.05, 4.69) is 0 Å². The first-order valence-corrected chi connectivity index (χ1v) is 4.99. The SMILES string of the molecule is CN(C(=O)C(C)(F)F)C1CCC(=O)CC1. The molecular weight excluding hydrogens is 204 g/mol. The Morgan fingerprint density at radius 3 is 2.27 bits per heavy atom.